The average molecular weight is 542 g/mol. The smallest absolute Gasteiger partial charge is 0.298 e. The number of anilines is 3. The zero-order valence-electron chi connectivity index (χ0n) is 21.4. The van der Waals surface area contributed by atoms with Crippen LogP contribution in [0.5, 0.6) is 0 Å². The topological polar surface area (TPSA) is 108 Å². The summed E-state index contributed by atoms with van der Waals surface area (Å²) in [5, 5.41) is 1.92. The lowest BCUT2D eigenvalue weighted by atomic mass is 10.2. The molecule has 0 bridgehead atoms. The van der Waals surface area contributed by atoms with Crippen molar-refractivity contribution < 1.29 is 14.0 Å². The van der Waals surface area contributed by atoms with E-state index < -0.39 is 5.91 Å². The molecule has 4 aromatic rings. The normalized spacial score (nSPS) is 17.1. The maximum atomic E-state index is 12.2. The summed E-state index contributed by atoms with van der Waals surface area (Å²) in [4.78, 5) is 45.0. The quantitative estimate of drug-likeness (QED) is 0.355. The lowest BCUT2D eigenvalue weighted by Gasteiger charge is -2.24. The van der Waals surface area contributed by atoms with Gasteiger partial charge in [0.05, 0.1) is 10.6 Å². The van der Waals surface area contributed by atoms with E-state index in [4.69, 9.17) is 14.4 Å². The van der Waals surface area contributed by atoms with Crippen LogP contribution in [0.2, 0.25) is 0 Å². The highest BCUT2D eigenvalue weighted by atomic mass is 32.2. The largest absolute Gasteiger partial charge is 0.423 e. The number of carbonyl (C=O) groups excluding carboxylic acids is 2. The van der Waals surface area contributed by atoms with E-state index in [0.29, 0.717) is 42.2 Å². The Bertz CT molecular complexity index is 1520. The molecular weight excluding hydrogens is 514 g/mol. The Labute approximate surface area is 229 Å². The molecule has 198 valence electrons. The van der Waals surface area contributed by atoms with Gasteiger partial charge in [0.2, 0.25) is 5.95 Å². The van der Waals surface area contributed by atoms with E-state index in [1.54, 1.807) is 6.08 Å². The highest BCUT2D eigenvalue weighted by Crippen LogP contribution is 2.28. The second-order valence-electron chi connectivity index (χ2n) is 9.44. The number of hydrogen-bond donors (Lipinski definition) is 1. The molecule has 0 saturated carbocycles. The minimum Gasteiger partial charge on any atom is -0.423 e. The summed E-state index contributed by atoms with van der Waals surface area (Å²) in [5.41, 5.74) is 3.34. The minimum absolute atomic E-state index is 0.319. The molecule has 0 atom stereocenters. The van der Waals surface area contributed by atoms with Crippen molar-refractivity contribution in [2.45, 2.75) is 13.0 Å². The van der Waals surface area contributed by atoms with Crippen molar-refractivity contribution in [1.29, 1.82) is 0 Å². The number of carbonyl (C=O) groups is 2. The van der Waals surface area contributed by atoms with Crippen LogP contribution in [-0.2, 0) is 11.3 Å². The van der Waals surface area contributed by atoms with E-state index in [2.05, 4.69) is 37.1 Å². The van der Waals surface area contributed by atoms with Gasteiger partial charge < -0.3 is 19.1 Å². The molecule has 11 heteroatoms. The number of para-hydroxylation sites is 2. The molecule has 39 heavy (non-hydrogen) atoms. The van der Waals surface area contributed by atoms with Crippen LogP contribution in [0.1, 0.15) is 17.7 Å². The fraction of sp³-hybridized carbons (Fsp3) is 0.250. The van der Waals surface area contributed by atoms with E-state index in [9.17, 15) is 9.59 Å². The van der Waals surface area contributed by atoms with E-state index in [-0.39, 0.29) is 5.24 Å². The molecule has 0 spiro atoms. The molecule has 2 fully saturated rings. The zero-order valence-corrected chi connectivity index (χ0v) is 22.2. The van der Waals surface area contributed by atoms with Crippen LogP contribution in [0.3, 0.4) is 0 Å². The second kappa shape index (κ2) is 10.8. The van der Waals surface area contributed by atoms with Crippen molar-refractivity contribution in [3.05, 3.63) is 76.8 Å². The summed E-state index contributed by atoms with van der Waals surface area (Å²) in [6, 6.07) is 20.4. The van der Waals surface area contributed by atoms with Gasteiger partial charge in [0.1, 0.15) is 11.3 Å². The van der Waals surface area contributed by atoms with Crippen LogP contribution < -0.4 is 20.0 Å². The first-order valence-corrected chi connectivity index (χ1v) is 13.6. The summed E-state index contributed by atoms with van der Waals surface area (Å²) >= 11 is 0.880. The molecule has 2 aromatic heterocycles. The number of nitrogens with zero attached hydrogens (tertiary/aromatic N) is 6. The molecule has 2 aromatic carbocycles. The molecule has 2 amide bonds. The van der Waals surface area contributed by atoms with Crippen molar-refractivity contribution in [3.8, 4) is 0 Å². The van der Waals surface area contributed by atoms with Gasteiger partial charge in [-0.1, -0.05) is 42.5 Å². The van der Waals surface area contributed by atoms with Crippen LogP contribution in [0.15, 0.2) is 70.0 Å². The average Bonchev–Trinajstić information content (AvgIpc) is 3.40. The molecule has 2 saturated heterocycles. The molecule has 0 unspecified atom stereocenters. The van der Waals surface area contributed by atoms with E-state index >= 15 is 0 Å². The van der Waals surface area contributed by atoms with Crippen LogP contribution in [-0.4, -0.2) is 59.3 Å². The highest BCUT2D eigenvalue weighted by Gasteiger charge is 2.26. The number of oxazole rings is 1. The van der Waals surface area contributed by atoms with Gasteiger partial charge in [-0.05, 0) is 42.0 Å². The Morgan fingerprint density at radius 3 is 2.54 bits per heavy atom. The fourth-order valence-corrected chi connectivity index (χ4v) is 5.32. The Kier molecular flexibility index (Phi) is 6.89. The van der Waals surface area contributed by atoms with Crippen molar-refractivity contribution >= 4 is 57.9 Å². The Hall–Kier alpha value is -4.38. The molecule has 2 aliphatic rings. The van der Waals surface area contributed by atoms with Gasteiger partial charge in [-0.15, -0.1) is 0 Å². The summed E-state index contributed by atoms with van der Waals surface area (Å²) in [6.45, 7) is 3.59. The van der Waals surface area contributed by atoms with Gasteiger partial charge >= 0.3 is 0 Å². The first-order valence-electron chi connectivity index (χ1n) is 12.8. The van der Waals surface area contributed by atoms with Gasteiger partial charge in [-0.25, -0.2) is 4.98 Å². The molecule has 0 aliphatic carbocycles. The third kappa shape index (κ3) is 5.58. The summed E-state index contributed by atoms with van der Waals surface area (Å²) in [7, 11) is 1.98. The van der Waals surface area contributed by atoms with Crippen molar-refractivity contribution in [1.82, 2.24) is 20.3 Å². The van der Waals surface area contributed by atoms with E-state index in [1.807, 2.05) is 55.6 Å². The van der Waals surface area contributed by atoms with Crippen molar-refractivity contribution in [3.63, 3.8) is 0 Å². The Morgan fingerprint density at radius 2 is 1.74 bits per heavy atom. The summed E-state index contributed by atoms with van der Waals surface area (Å²) in [5.74, 6) is 0.895. The Morgan fingerprint density at radius 1 is 0.974 bits per heavy atom. The number of nitrogens with one attached hydrogen (secondary N) is 1. The van der Waals surface area contributed by atoms with Crippen molar-refractivity contribution in [2.75, 3.05) is 47.9 Å². The fourth-order valence-electron chi connectivity index (χ4n) is 4.65. The number of benzene rings is 2. The standard InChI is InChI=1S/C28H27N7O3S/c1-33(18-19-8-3-2-4-9-19)24-17-20(16-23-25(36)32-28(37)39-23)29-26(31-24)34-12-7-13-35(15-14-34)27-30-21-10-5-6-11-22(21)38-27/h2-6,8-11,16-17H,7,12-15,18H2,1H3,(H,32,36,37)/b23-16-. The minimum atomic E-state index is -0.409. The molecule has 2 aliphatic heterocycles. The lowest BCUT2D eigenvalue weighted by molar-refractivity contribution is -0.115. The van der Waals surface area contributed by atoms with Gasteiger partial charge in [-0.3, -0.25) is 14.9 Å². The molecule has 0 radical (unpaired) electrons. The number of imide groups is 1. The van der Waals surface area contributed by atoms with Gasteiger partial charge in [-0.2, -0.15) is 9.97 Å². The highest BCUT2D eigenvalue weighted by molar-refractivity contribution is 8.18. The Balaban J connectivity index is 1.28. The zero-order chi connectivity index (χ0) is 26.8. The number of hydrogen-bond acceptors (Lipinski definition) is 10. The second-order valence-corrected chi connectivity index (χ2v) is 10.5. The van der Waals surface area contributed by atoms with E-state index in [1.165, 1.54) is 0 Å². The number of thioether (sulfide) groups is 1. The third-order valence-electron chi connectivity index (χ3n) is 6.63. The first-order chi connectivity index (χ1) is 19.0. The maximum Gasteiger partial charge on any atom is 0.298 e. The predicted octanol–water partition coefficient (Wildman–Crippen LogP) is 4.29. The monoisotopic (exact) mass is 541 g/mol. The van der Waals surface area contributed by atoms with Gasteiger partial charge in [0, 0.05) is 45.8 Å². The van der Waals surface area contributed by atoms with Crippen molar-refractivity contribution in [2.24, 2.45) is 0 Å². The maximum absolute atomic E-state index is 12.2. The van der Waals surface area contributed by atoms with Gasteiger partial charge in [0.15, 0.2) is 5.58 Å². The molecule has 6 rings (SSSR count). The van der Waals surface area contributed by atoms with Gasteiger partial charge in [0.25, 0.3) is 17.2 Å². The molecule has 1 N–H and O–H groups in total. The number of amides is 2. The molecule has 4 heterocycles. The lowest BCUT2D eigenvalue weighted by Crippen LogP contribution is -2.32. The molecule has 10 nitrogen and oxygen atoms in total. The van der Waals surface area contributed by atoms with E-state index in [0.717, 1.165) is 53.8 Å². The van der Waals surface area contributed by atoms with Crippen LogP contribution in [0, 0.1) is 0 Å². The summed E-state index contributed by atoms with van der Waals surface area (Å²) < 4.78 is 6.01. The van der Waals surface area contributed by atoms with Crippen LogP contribution >= 0.6 is 11.8 Å². The molecular formula is C28H27N7O3S. The summed E-state index contributed by atoms with van der Waals surface area (Å²) in [6.07, 6.45) is 2.52. The van der Waals surface area contributed by atoms with Crippen LogP contribution in [0.4, 0.5) is 22.6 Å². The predicted molar refractivity (Wildman–Crippen MR) is 153 cm³/mol. The third-order valence-corrected chi connectivity index (χ3v) is 7.44. The number of aromatic nitrogens is 3. The number of fused-ring (bicyclic) bond motifs is 1. The SMILES string of the molecule is CN(Cc1ccccc1)c1cc(/C=C2\SC(=O)NC2=O)nc(N2CCCN(c3nc4ccccc4o3)CC2)n1. The number of rotatable bonds is 6. The van der Waals surface area contributed by atoms with Crippen LogP contribution in [0.25, 0.3) is 17.2 Å². The first kappa shape index (κ1) is 24.9.